The van der Waals surface area contributed by atoms with Crippen molar-refractivity contribution >= 4 is 29.1 Å². The molecule has 2 amide bonds. The van der Waals surface area contributed by atoms with Gasteiger partial charge in [0.1, 0.15) is 5.00 Å². The number of hydrogen-bond acceptors (Lipinski definition) is 5. The van der Waals surface area contributed by atoms with Gasteiger partial charge in [-0.25, -0.2) is 4.79 Å². The van der Waals surface area contributed by atoms with Gasteiger partial charge >= 0.3 is 5.97 Å². The molecule has 2 aromatic heterocycles. The summed E-state index contributed by atoms with van der Waals surface area (Å²) in [6.45, 7) is -0.461. The second-order valence-corrected chi connectivity index (χ2v) is 7.56. The van der Waals surface area contributed by atoms with Crippen molar-refractivity contribution in [2.75, 3.05) is 27.2 Å². The molecule has 1 aliphatic carbocycles. The maximum Gasteiger partial charge on any atom is 0.341 e. The maximum absolute atomic E-state index is 12.8. The first kappa shape index (κ1) is 19.2. The van der Waals surface area contributed by atoms with E-state index in [4.69, 9.17) is 4.74 Å². The smallest absolute Gasteiger partial charge is 0.341 e. The number of nitrogens with zero attached hydrogens (tertiary/aromatic N) is 2. The fraction of sp³-hybridized carbons (Fsp3) is 0.421. The molecule has 144 valence electrons. The number of aryl methyl sites for hydroxylation is 1. The minimum Gasteiger partial charge on any atom is -0.452 e. The Bertz CT molecular complexity index is 842. The third kappa shape index (κ3) is 4.21. The number of likely N-dealkylation sites (N-methyl/N-ethyl adjacent to an activating group) is 2. The van der Waals surface area contributed by atoms with E-state index in [2.05, 4.69) is 5.32 Å². The Morgan fingerprint density at radius 2 is 1.93 bits per heavy atom. The van der Waals surface area contributed by atoms with Crippen molar-refractivity contribution in [2.24, 2.45) is 0 Å². The highest BCUT2D eigenvalue weighted by molar-refractivity contribution is 7.15. The first-order valence-corrected chi connectivity index (χ1v) is 9.72. The van der Waals surface area contributed by atoms with Gasteiger partial charge in [-0.2, -0.15) is 0 Å². The van der Waals surface area contributed by atoms with Crippen LogP contribution in [0.25, 0.3) is 5.00 Å². The number of hydrogen-bond donors (Lipinski definition) is 1. The van der Waals surface area contributed by atoms with Crippen LogP contribution in [0.15, 0.2) is 24.5 Å². The lowest BCUT2D eigenvalue weighted by molar-refractivity contribution is -0.137. The van der Waals surface area contributed by atoms with Crippen LogP contribution >= 0.6 is 11.3 Å². The number of rotatable bonds is 6. The normalized spacial score (nSPS) is 13.0. The van der Waals surface area contributed by atoms with E-state index in [1.165, 1.54) is 23.9 Å². The van der Waals surface area contributed by atoms with Crippen molar-refractivity contribution in [3.05, 3.63) is 40.5 Å². The molecule has 2 heterocycles. The van der Waals surface area contributed by atoms with Gasteiger partial charge in [0.25, 0.3) is 5.91 Å². The van der Waals surface area contributed by atoms with Crippen molar-refractivity contribution in [3.63, 3.8) is 0 Å². The molecular weight excluding hydrogens is 366 g/mol. The molecule has 0 radical (unpaired) electrons. The van der Waals surface area contributed by atoms with Gasteiger partial charge < -0.3 is 19.5 Å². The molecular formula is C19H23N3O4S. The number of amides is 2. The fourth-order valence-electron chi connectivity index (χ4n) is 3.11. The fourth-order valence-corrected chi connectivity index (χ4v) is 4.45. The van der Waals surface area contributed by atoms with Gasteiger partial charge in [0, 0.05) is 31.4 Å². The molecule has 0 unspecified atom stereocenters. The zero-order valence-electron chi connectivity index (χ0n) is 15.5. The molecule has 7 nitrogen and oxygen atoms in total. The topological polar surface area (TPSA) is 80.6 Å². The van der Waals surface area contributed by atoms with E-state index >= 15 is 0 Å². The lowest BCUT2D eigenvalue weighted by atomic mass is 9.95. The number of ether oxygens (including phenoxy) is 1. The average molecular weight is 389 g/mol. The molecule has 0 atom stereocenters. The van der Waals surface area contributed by atoms with Gasteiger partial charge in [-0.1, -0.05) is 0 Å². The maximum atomic E-state index is 12.8. The van der Waals surface area contributed by atoms with Gasteiger partial charge in [-0.05, 0) is 43.4 Å². The number of thiophene rings is 1. The summed E-state index contributed by atoms with van der Waals surface area (Å²) in [6, 6.07) is 3.82. The summed E-state index contributed by atoms with van der Waals surface area (Å²) in [7, 11) is 3.01. The zero-order valence-corrected chi connectivity index (χ0v) is 16.3. The van der Waals surface area contributed by atoms with Crippen molar-refractivity contribution < 1.29 is 19.1 Å². The highest BCUT2D eigenvalue weighted by Crippen LogP contribution is 2.37. The molecule has 0 saturated heterocycles. The van der Waals surface area contributed by atoms with Crippen molar-refractivity contribution in [2.45, 2.75) is 25.7 Å². The van der Waals surface area contributed by atoms with E-state index in [0.29, 0.717) is 5.56 Å². The quantitative estimate of drug-likeness (QED) is 0.764. The summed E-state index contributed by atoms with van der Waals surface area (Å²) in [5.74, 6) is -1.18. The zero-order chi connectivity index (χ0) is 19.4. The minimum atomic E-state index is -0.486. The van der Waals surface area contributed by atoms with Crippen LogP contribution in [-0.2, 0) is 27.2 Å². The van der Waals surface area contributed by atoms with E-state index in [1.54, 1.807) is 11.3 Å². The second-order valence-electron chi connectivity index (χ2n) is 6.48. The largest absolute Gasteiger partial charge is 0.452 e. The highest BCUT2D eigenvalue weighted by Gasteiger charge is 2.27. The van der Waals surface area contributed by atoms with Gasteiger partial charge in [0.15, 0.2) is 6.61 Å². The van der Waals surface area contributed by atoms with Gasteiger partial charge in [-0.15, -0.1) is 11.3 Å². The SMILES string of the molecule is CNC(=O)CN(C)C(=O)COC(=O)c1c(-n2cccc2)sc2c1CCCC2. The van der Waals surface area contributed by atoms with E-state index in [9.17, 15) is 14.4 Å². The first-order chi connectivity index (χ1) is 13.0. The minimum absolute atomic E-state index is 0.0741. The van der Waals surface area contributed by atoms with Crippen LogP contribution in [-0.4, -0.2) is 54.5 Å². The van der Waals surface area contributed by atoms with Crippen molar-refractivity contribution in [1.82, 2.24) is 14.8 Å². The summed E-state index contributed by atoms with van der Waals surface area (Å²) in [5.41, 5.74) is 1.61. The molecule has 0 bridgehead atoms. The molecule has 27 heavy (non-hydrogen) atoms. The van der Waals surface area contributed by atoms with E-state index in [0.717, 1.165) is 36.2 Å². The molecule has 0 spiro atoms. The Hall–Kier alpha value is -2.61. The van der Waals surface area contributed by atoms with Gasteiger partial charge in [0.05, 0.1) is 12.1 Å². The van der Waals surface area contributed by atoms with Crippen LogP contribution in [0.2, 0.25) is 0 Å². The Balaban J connectivity index is 1.75. The van der Waals surface area contributed by atoms with Gasteiger partial charge in [0.2, 0.25) is 5.91 Å². The summed E-state index contributed by atoms with van der Waals surface area (Å²) >= 11 is 1.61. The average Bonchev–Trinajstić information content (AvgIpc) is 3.32. The standard InChI is InChI=1S/C19H23N3O4S/c1-20-15(23)11-21(2)16(24)12-26-19(25)17-13-7-3-4-8-14(13)27-18(17)22-9-5-6-10-22/h5-6,9-10H,3-4,7-8,11-12H2,1-2H3,(H,20,23). The van der Waals surface area contributed by atoms with E-state index in [1.807, 2.05) is 29.1 Å². The van der Waals surface area contributed by atoms with Crippen LogP contribution in [0.1, 0.15) is 33.6 Å². The highest BCUT2D eigenvalue weighted by atomic mass is 32.1. The Morgan fingerprint density at radius 1 is 1.22 bits per heavy atom. The number of esters is 1. The number of fused-ring (bicyclic) bond motifs is 1. The first-order valence-electron chi connectivity index (χ1n) is 8.90. The van der Waals surface area contributed by atoms with Gasteiger partial charge in [-0.3, -0.25) is 9.59 Å². The third-order valence-electron chi connectivity index (χ3n) is 4.61. The summed E-state index contributed by atoms with van der Waals surface area (Å²) < 4.78 is 7.24. The van der Waals surface area contributed by atoms with Crippen molar-refractivity contribution in [1.29, 1.82) is 0 Å². The lowest BCUT2D eigenvalue weighted by Crippen LogP contribution is -2.39. The summed E-state index contributed by atoms with van der Waals surface area (Å²) in [4.78, 5) is 38.8. The number of nitrogens with one attached hydrogen (secondary N) is 1. The number of aromatic nitrogens is 1. The Kier molecular flexibility index (Phi) is 5.95. The molecule has 2 aromatic rings. The van der Waals surface area contributed by atoms with E-state index < -0.39 is 11.9 Å². The van der Waals surface area contributed by atoms with Crippen LogP contribution in [0, 0.1) is 0 Å². The molecule has 8 heteroatoms. The molecule has 3 rings (SSSR count). The molecule has 0 aliphatic heterocycles. The predicted molar refractivity (Wildman–Crippen MR) is 102 cm³/mol. The third-order valence-corrected chi connectivity index (χ3v) is 5.91. The number of carbonyl (C=O) groups excluding carboxylic acids is 3. The van der Waals surface area contributed by atoms with Crippen LogP contribution in [0.4, 0.5) is 0 Å². The Morgan fingerprint density at radius 3 is 2.63 bits per heavy atom. The molecule has 1 aliphatic rings. The Labute approximate surface area is 161 Å². The lowest BCUT2D eigenvalue weighted by Gasteiger charge is -2.16. The predicted octanol–water partition coefficient (Wildman–Crippen LogP) is 1.78. The van der Waals surface area contributed by atoms with Crippen molar-refractivity contribution in [3.8, 4) is 5.00 Å². The number of carbonyl (C=O) groups is 3. The molecule has 0 fully saturated rings. The summed E-state index contributed by atoms with van der Waals surface area (Å²) in [5, 5.41) is 3.29. The molecule has 1 N–H and O–H groups in total. The second kappa shape index (κ2) is 8.39. The molecule has 0 saturated carbocycles. The summed E-state index contributed by atoms with van der Waals surface area (Å²) in [6.07, 6.45) is 7.78. The monoisotopic (exact) mass is 389 g/mol. The van der Waals surface area contributed by atoms with Crippen LogP contribution in [0.3, 0.4) is 0 Å². The van der Waals surface area contributed by atoms with Crippen LogP contribution < -0.4 is 5.32 Å². The van der Waals surface area contributed by atoms with Crippen LogP contribution in [0.5, 0.6) is 0 Å². The molecule has 0 aromatic carbocycles. The van der Waals surface area contributed by atoms with E-state index in [-0.39, 0.29) is 19.1 Å².